The Morgan fingerprint density at radius 2 is 1.86 bits per heavy atom. The average molecular weight is 399 g/mol. The molecule has 1 atom stereocenters. The number of aliphatic hydroxyl groups excluding tert-OH is 1. The first-order chi connectivity index (χ1) is 13.3. The molecule has 0 radical (unpaired) electrons. The summed E-state index contributed by atoms with van der Waals surface area (Å²) < 4.78 is 31.9. The monoisotopic (exact) mass is 399 g/mol. The van der Waals surface area contributed by atoms with Crippen molar-refractivity contribution in [3.8, 4) is 0 Å². The van der Waals surface area contributed by atoms with Crippen LogP contribution in [0.15, 0.2) is 71.8 Å². The number of carbonyl (C=O) groups excluding carboxylic acids is 1. The van der Waals surface area contributed by atoms with E-state index in [1.165, 1.54) is 10.2 Å². The van der Waals surface area contributed by atoms with E-state index < -0.39 is 22.1 Å². The number of esters is 1. The summed E-state index contributed by atoms with van der Waals surface area (Å²) in [5, 5.41) is 11.0. The minimum atomic E-state index is -3.75. The number of rotatable bonds is 6. The molecule has 0 fully saturated rings. The van der Waals surface area contributed by atoms with Gasteiger partial charge in [0.05, 0.1) is 22.6 Å². The molecule has 1 unspecified atom stereocenters. The molecule has 0 saturated heterocycles. The number of aryl methyl sites for hydroxylation is 1. The summed E-state index contributed by atoms with van der Waals surface area (Å²) in [4.78, 5) is 12.0. The highest BCUT2D eigenvalue weighted by Crippen LogP contribution is 2.28. The minimum Gasteiger partial charge on any atom is -0.463 e. The fourth-order valence-electron chi connectivity index (χ4n) is 2.88. The highest BCUT2D eigenvalue weighted by molar-refractivity contribution is 7.90. The van der Waals surface area contributed by atoms with Crippen LogP contribution in [0.5, 0.6) is 0 Å². The summed E-state index contributed by atoms with van der Waals surface area (Å²) in [6.45, 7) is 7.33. The van der Waals surface area contributed by atoms with Crippen LogP contribution in [-0.4, -0.2) is 30.1 Å². The van der Waals surface area contributed by atoms with Crippen LogP contribution in [0.2, 0.25) is 0 Å². The lowest BCUT2D eigenvalue weighted by Gasteiger charge is -2.14. The van der Waals surface area contributed by atoms with Crippen molar-refractivity contribution in [2.45, 2.75) is 24.8 Å². The van der Waals surface area contributed by atoms with Gasteiger partial charge in [0.25, 0.3) is 10.0 Å². The van der Waals surface area contributed by atoms with Crippen LogP contribution in [0.1, 0.15) is 24.2 Å². The highest BCUT2D eigenvalue weighted by atomic mass is 32.2. The Balaban J connectivity index is 1.98. The summed E-state index contributed by atoms with van der Waals surface area (Å²) in [6.07, 6.45) is 0.233. The number of aliphatic hydroxyl groups is 1. The topological polar surface area (TPSA) is 85.6 Å². The Hall–Kier alpha value is -2.90. The fraction of sp³-hybridized carbons (Fsp3) is 0.190. The minimum absolute atomic E-state index is 0.0760. The number of aromatic nitrogens is 1. The number of hydrogen-bond acceptors (Lipinski definition) is 5. The van der Waals surface area contributed by atoms with E-state index in [0.29, 0.717) is 16.5 Å². The van der Waals surface area contributed by atoms with Gasteiger partial charge in [-0.2, -0.15) is 0 Å². The average Bonchev–Trinajstić information content (AvgIpc) is 3.11. The molecule has 7 heteroatoms. The van der Waals surface area contributed by atoms with Crippen molar-refractivity contribution in [2.24, 2.45) is 0 Å². The van der Waals surface area contributed by atoms with Gasteiger partial charge in [0, 0.05) is 11.6 Å². The van der Waals surface area contributed by atoms with Crippen molar-refractivity contribution >= 4 is 26.9 Å². The van der Waals surface area contributed by atoms with Gasteiger partial charge >= 0.3 is 5.97 Å². The third kappa shape index (κ3) is 3.58. The molecule has 3 aromatic rings. The SMILES string of the molecule is C=C(C(=O)OCC)C(O)c1ccc2c(ccn2S(=O)(=O)c2ccc(C)cc2)c1. The van der Waals surface area contributed by atoms with Crippen LogP contribution in [0.25, 0.3) is 10.9 Å². The van der Waals surface area contributed by atoms with E-state index in [4.69, 9.17) is 4.74 Å². The molecule has 0 aliphatic rings. The first-order valence-corrected chi connectivity index (χ1v) is 10.2. The number of ether oxygens (including phenoxy) is 1. The van der Waals surface area contributed by atoms with Crippen molar-refractivity contribution < 1.29 is 23.1 Å². The Labute approximate surface area is 163 Å². The van der Waals surface area contributed by atoms with Crippen LogP contribution in [-0.2, 0) is 19.6 Å². The zero-order chi connectivity index (χ0) is 20.5. The lowest BCUT2D eigenvalue weighted by Crippen LogP contribution is -2.14. The van der Waals surface area contributed by atoms with E-state index in [-0.39, 0.29) is 17.1 Å². The van der Waals surface area contributed by atoms with Crippen molar-refractivity contribution in [1.29, 1.82) is 0 Å². The van der Waals surface area contributed by atoms with Gasteiger partial charge in [-0.05, 0) is 49.7 Å². The second-order valence-electron chi connectivity index (χ2n) is 6.40. The predicted molar refractivity (Wildman–Crippen MR) is 106 cm³/mol. The lowest BCUT2D eigenvalue weighted by atomic mass is 10.0. The third-order valence-electron chi connectivity index (χ3n) is 4.44. The maximum absolute atomic E-state index is 12.9. The lowest BCUT2D eigenvalue weighted by molar-refractivity contribution is -0.139. The fourth-order valence-corrected chi connectivity index (χ4v) is 4.23. The van der Waals surface area contributed by atoms with Crippen molar-refractivity contribution in [2.75, 3.05) is 6.61 Å². The van der Waals surface area contributed by atoms with Crippen LogP contribution >= 0.6 is 0 Å². The molecule has 0 aliphatic heterocycles. The summed E-state index contributed by atoms with van der Waals surface area (Å²) in [5.41, 5.74) is 1.79. The summed E-state index contributed by atoms with van der Waals surface area (Å²) in [7, 11) is -3.75. The molecule has 0 aliphatic carbocycles. The van der Waals surface area contributed by atoms with Gasteiger partial charge in [0.2, 0.25) is 0 Å². The molecule has 146 valence electrons. The molecule has 0 spiro atoms. The zero-order valence-electron chi connectivity index (χ0n) is 15.6. The van der Waals surface area contributed by atoms with Gasteiger partial charge in [0.1, 0.15) is 6.10 Å². The molecular weight excluding hydrogens is 378 g/mol. The Bertz CT molecular complexity index is 1140. The van der Waals surface area contributed by atoms with Crippen LogP contribution < -0.4 is 0 Å². The molecule has 0 saturated carbocycles. The smallest absolute Gasteiger partial charge is 0.336 e. The number of nitrogens with zero attached hydrogens (tertiary/aromatic N) is 1. The van der Waals surface area contributed by atoms with Crippen molar-refractivity contribution in [1.82, 2.24) is 3.97 Å². The first kappa shape index (κ1) is 19.9. The van der Waals surface area contributed by atoms with Gasteiger partial charge in [0.15, 0.2) is 0 Å². The van der Waals surface area contributed by atoms with Gasteiger partial charge in [-0.3, -0.25) is 0 Å². The van der Waals surface area contributed by atoms with Gasteiger partial charge in [-0.25, -0.2) is 17.2 Å². The van der Waals surface area contributed by atoms with Crippen LogP contribution in [0.4, 0.5) is 0 Å². The van der Waals surface area contributed by atoms with E-state index in [9.17, 15) is 18.3 Å². The maximum atomic E-state index is 12.9. The Morgan fingerprint density at radius 3 is 2.50 bits per heavy atom. The number of carbonyl (C=O) groups is 1. The van der Waals surface area contributed by atoms with E-state index >= 15 is 0 Å². The van der Waals surface area contributed by atoms with E-state index in [1.54, 1.807) is 55.5 Å². The maximum Gasteiger partial charge on any atom is 0.336 e. The van der Waals surface area contributed by atoms with E-state index in [2.05, 4.69) is 6.58 Å². The highest BCUT2D eigenvalue weighted by Gasteiger charge is 2.22. The second-order valence-corrected chi connectivity index (χ2v) is 8.21. The summed E-state index contributed by atoms with van der Waals surface area (Å²) in [5.74, 6) is -0.672. The molecular formula is C21H21NO5S. The largest absolute Gasteiger partial charge is 0.463 e. The molecule has 28 heavy (non-hydrogen) atoms. The summed E-state index contributed by atoms with van der Waals surface area (Å²) in [6, 6.07) is 13.1. The number of benzene rings is 2. The number of hydrogen-bond donors (Lipinski definition) is 1. The molecule has 1 N–H and O–H groups in total. The molecule has 1 heterocycles. The predicted octanol–water partition coefficient (Wildman–Crippen LogP) is 3.34. The third-order valence-corrected chi connectivity index (χ3v) is 6.14. The number of fused-ring (bicyclic) bond motifs is 1. The summed E-state index contributed by atoms with van der Waals surface area (Å²) >= 11 is 0. The van der Waals surface area contributed by atoms with Crippen LogP contribution in [0, 0.1) is 6.92 Å². The zero-order valence-corrected chi connectivity index (χ0v) is 16.4. The standard InChI is InChI=1S/C21H21NO5S/c1-4-27-21(24)15(3)20(23)17-7-10-19-16(13-17)11-12-22(19)28(25,26)18-8-5-14(2)6-9-18/h5-13,20,23H,3-4H2,1-2H3. The molecule has 0 bridgehead atoms. The van der Waals surface area contributed by atoms with E-state index in [0.717, 1.165) is 5.56 Å². The van der Waals surface area contributed by atoms with Gasteiger partial charge in [-0.15, -0.1) is 0 Å². The van der Waals surface area contributed by atoms with Gasteiger partial charge in [-0.1, -0.05) is 30.3 Å². The molecule has 0 amide bonds. The molecule has 3 rings (SSSR count). The molecule has 2 aromatic carbocycles. The van der Waals surface area contributed by atoms with Crippen molar-refractivity contribution in [3.05, 3.63) is 78.0 Å². The Morgan fingerprint density at radius 1 is 1.18 bits per heavy atom. The van der Waals surface area contributed by atoms with E-state index in [1.807, 2.05) is 6.92 Å². The second kappa shape index (κ2) is 7.61. The first-order valence-electron chi connectivity index (χ1n) is 8.73. The van der Waals surface area contributed by atoms with Crippen molar-refractivity contribution in [3.63, 3.8) is 0 Å². The Kier molecular flexibility index (Phi) is 5.40. The van der Waals surface area contributed by atoms with Crippen LogP contribution in [0.3, 0.4) is 0 Å². The molecule has 1 aromatic heterocycles. The normalized spacial score (nSPS) is 12.7. The molecule has 6 nitrogen and oxygen atoms in total. The quantitative estimate of drug-likeness (QED) is 0.508. The van der Waals surface area contributed by atoms with Gasteiger partial charge < -0.3 is 9.84 Å².